The zero-order valence-electron chi connectivity index (χ0n) is 11.5. The average molecular weight is 236 g/mol. The molecule has 3 heteroatoms. The number of pyridine rings is 1. The van der Waals surface area contributed by atoms with Crippen LogP contribution in [0.5, 0.6) is 5.75 Å². The third-order valence-corrected chi connectivity index (χ3v) is 3.32. The number of methoxy groups -OCH3 is 1. The lowest BCUT2D eigenvalue weighted by atomic mass is 9.88. The molecule has 0 spiro atoms. The molecule has 0 bridgehead atoms. The lowest BCUT2D eigenvalue weighted by molar-refractivity contribution is 0.292. The van der Waals surface area contributed by atoms with Crippen LogP contribution in [0.25, 0.3) is 0 Å². The molecule has 0 saturated carbocycles. The first-order chi connectivity index (χ1) is 8.11. The van der Waals surface area contributed by atoms with Crippen LogP contribution in [0.2, 0.25) is 0 Å². The van der Waals surface area contributed by atoms with Crippen molar-refractivity contribution in [3.05, 3.63) is 24.0 Å². The number of nitrogens with one attached hydrogen (secondary N) is 1. The molecule has 1 rings (SSSR count). The van der Waals surface area contributed by atoms with E-state index in [1.165, 1.54) is 0 Å². The largest absolute Gasteiger partial charge is 0.495 e. The Morgan fingerprint density at radius 3 is 2.59 bits per heavy atom. The second kappa shape index (κ2) is 6.60. The van der Waals surface area contributed by atoms with Gasteiger partial charge < -0.3 is 10.1 Å². The molecule has 0 aliphatic rings. The second-order valence-electron chi connectivity index (χ2n) is 4.73. The van der Waals surface area contributed by atoms with E-state index in [0.29, 0.717) is 11.8 Å². The van der Waals surface area contributed by atoms with Crippen molar-refractivity contribution in [3.63, 3.8) is 0 Å². The topological polar surface area (TPSA) is 34.2 Å². The molecule has 17 heavy (non-hydrogen) atoms. The molecule has 0 amide bonds. The number of rotatable bonds is 6. The van der Waals surface area contributed by atoms with Crippen molar-refractivity contribution in [3.8, 4) is 5.75 Å². The molecule has 0 aliphatic carbocycles. The SMILES string of the molecule is CCNC(c1ncccc1OC)C(C)C(C)C. The van der Waals surface area contributed by atoms with E-state index >= 15 is 0 Å². The van der Waals surface area contributed by atoms with E-state index in [2.05, 4.69) is 38.0 Å². The van der Waals surface area contributed by atoms with Gasteiger partial charge in [0, 0.05) is 6.20 Å². The van der Waals surface area contributed by atoms with Gasteiger partial charge in [0.2, 0.25) is 0 Å². The van der Waals surface area contributed by atoms with Crippen molar-refractivity contribution in [1.82, 2.24) is 10.3 Å². The van der Waals surface area contributed by atoms with Crippen molar-refractivity contribution >= 4 is 0 Å². The molecule has 1 N–H and O–H groups in total. The summed E-state index contributed by atoms with van der Waals surface area (Å²) in [6.45, 7) is 9.79. The zero-order chi connectivity index (χ0) is 12.8. The van der Waals surface area contributed by atoms with Crippen molar-refractivity contribution < 1.29 is 4.74 Å². The molecule has 0 aromatic carbocycles. The summed E-state index contributed by atoms with van der Waals surface area (Å²) in [7, 11) is 1.70. The van der Waals surface area contributed by atoms with Gasteiger partial charge in [0.15, 0.2) is 0 Å². The van der Waals surface area contributed by atoms with E-state index in [1.807, 2.05) is 18.3 Å². The fourth-order valence-corrected chi connectivity index (χ4v) is 1.95. The number of nitrogens with zero attached hydrogens (tertiary/aromatic N) is 1. The van der Waals surface area contributed by atoms with Crippen molar-refractivity contribution in [1.29, 1.82) is 0 Å². The van der Waals surface area contributed by atoms with Gasteiger partial charge in [0.05, 0.1) is 18.8 Å². The summed E-state index contributed by atoms with van der Waals surface area (Å²) in [5.74, 6) is 1.98. The number of hydrogen-bond donors (Lipinski definition) is 1. The molecular formula is C14H24N2O. The Morgan fingerprint density at radius 2 is 2.06 bits per heavy atom. The predicted octanol–water partition coefficient (Wildman–Crippen LogP) is 3.03. The first kappa shape index (κ1) is 14.0. The molecule has 0 radical (unpaired) electrons. The molecule has 2 atom stereocenters. The third-order valence-electron chi connectivity index (χ3n) is 3.32. The maximum Gasteiger partial charge on any atom is 0.141 e. The first-order valence-electron chi connectivity index (χ1n) is 6.34. The maximum absolute atomic E-state index is 5.40. The molecule has 0 fully saturated rings. The van der Waals surface area contributed by atoms with Gasteiger partial charge in [-0.15, -0.1) is 0 Å². The highest BCUT2D eigenvalue weighted by molar-refractivity contribution is 5.30. The standard InChI is InChI=1S/C14H24N2O/c1-6-15-13(11(4)10(2)3)14-12(17-5)8-7-9-16-14/h7-11,13,15H,6H2,1-5H3. The molecule has 3 nitrogen and oxygen atoms in total. The zero-order valence-corrected chi connectivity index (χ0v) is 11.5. The number of aromatic nitrogens is 1. The molecule has 2 unspecified atom stereocenters. The van der Waals surface area contributed by atoms with Crippen LogP contribution in [0.15, 0.2) is 18.3 Å². The van der Waals surface area contributed by atoms with Crippen LogP contribution in [0.1, 0.15) is 39.4 Å². The van der Waals surface area contributed by atoms with Gasteiger partial charge in [0.1, 0.15) is 5.75 Å². The van der Waals surface area contributed by atoms with E-state index in [1.54, 1.807) is 7.11 Å². The Hall–Kier alpha value is -1.09. The van der Waals surface area contributed by atoms with E-state index in [9.17, 15) is 0 Å². The van der Waals surface area contributed by atoms with Gasteiger partial charge >= 0.3 is 0 Å². The Labute approximate surface area is 105 Å². The van der Waals surface area contributed by atoms with Gasteiger partial charge in [-0.1, -0.05) is 27.7 Å². The summed E-state index contributed by atoms with van der Waals surface area (Å²) >= 11 is 0. The van der Waals surface area contributed by atoms with E-state index in [0.717, 1.165) is 18.0 Å². The van der Waals surface area contributed by atoms with Gasteiger partial charge in [0.25, 0.3) is 0 Å². The number of ether oxygens (including phenoxy) is 1. The van der Waals surface area contributed by atoms with Crippen LogP contribution < -0.4 is 10.1 Å². The summed E-state index contributed by atoms with van der Waals surface area (Å²) < 4.78 is 5.40. The first-order valence-corrected chi connectivity index (χ1v) is 6.34. The van der Waals surface area contributed by atoms with Crippen molar-refractivity contribution in [2.75, 3.05) is 13.7 Å². The van der Waals surface area contributed by atoms with E-state index in [-0.39, 0.29) is 6.04 Å². The summed E-state index contributed by atoms with van der Waals surface area (Å²) in [5, 5.41) is 3.51. The van der Waals surface area contributed by atoms with Crippen LogP contribution in [0.3, 0.4) is 0 Å². The van der Waals surface area contributed by atoms with Crippen molar-refractivity contribution in [2.45, 2.75) is 33.7 Å². The van der Waals surface area contributed by atoms with Gasteiger partial charge in [-0.2, -0.15) is 0 Å². The van der Waals surface area contributed by atoms with Gasteiger partial charge in [-0.25, -0.2) is 0 Å². The fraction of sp³-hybridized carbons (Fsp3) is 0.643. The molecule has 1 heterocycles. The van der Waals surface area contributed by atoms with Crippen LogP contribution in [0.4, 0.5) is 0 Å². The Balaban J connectivity index is 3.04. The Morgan fingerprint density at radius 1 is 1.35 bits per heavy atom. The van der Waals surface area contributed by atoms with E-state index < -0.39 is 0 Å². The van der Waals surface area contributed by atoms with Crippen LogP contribution >= 0.6 is 0 Å². The van der Waals surface area contributed by atoms with E-state index in [4.69, 9.17) is 4.74 Å². The molecule has 1 aromatic rings. The van der Waals surface area contributed by atoms with Crippen LogP contribution in [0, 0.1) is 11.8 Å². The highest BCUT2D eigenvalue weighted by Crippen LogP contribution is 2.31. The van der Waals surface area contributed by atoms with Crippen LogP contribution in [-0.4, -0.2) is 18.6 Å². The predicted molar refractivity (Wildman–Crippen MR) is 71.2 cm³/mol. The van der Waals surface area contributed by atoms with Gasteiger partial charge in [-0.3, -0.25) is 4.98 Å². The highest BCUT2D eigenvalue weighted by Gasteiger charge is 2.24. The second-order valence-corrected chi connectivity index (χ2v) is 4.73. The van der Waals surface area contributed by atoms with Crippen molar-refractivity contribution in [2.24, 2.45) is 11.8 Å². The number of hydrogen-bond acceptors (Lipinski definition) is 3. The fourth-order valence-electron chi connectivity index (χ4n) is 1.95. The lowest BCUT2D eigenvalue weighted by Gasteiger charge is -2.28. The average Bonchev–Trinajstić information content (AvgIpc) is 2.35. The molecular weight excluding hydrogens is 212 g/mol. The van der Waals surface area contributed by atoms with Gasteiger partial charge in [-0.05, 0) is 30.5 Å². The maximum atomic E-state index is 5.40. The summed E-state index contributed by atoms with van der Waals surface area (Å²) in [5.41, 5.74) is 1.01. The molecule has 0 saturated heterocycles. The van der Waals surface area contributed by atoms with Crippen LogP contribution in [-0.2, 0) is 0 Å². The molecule has 1 aromatic heterocycles. The Kier molecular flexibility index (Phi) is 5.42. The minimum Gasteiger partial charge on any atom is -0.495 e. The minimum absolute atomic E-state index is 0.246. The minimum atomic E-state index is 0.246. The third kappa shape index (κ3) is 3.43. The molecule has 96 valence electrons. The molecule has 0 aliphatic heterocycles. The smallest absolute Gasteiger partial charge is 0.141 e. The summed E-state index contributed by atoms with van der Waals surface area (Å²) in [6.07, 6.45) is 1.83. The summed E-state index contributed by atoms with van der Waals surface area (Å²) in [6, 6.07) is 4.13. The quantitative estimate of drug-likeness (QED) is 0.824. The highest BCUT2D eigenvalue weighted by atomic mass is 16.5. The lowest BCUT2D eigenvalue weighted by Crippen LogP contribution is -2.30. The summed E-state index contributed by atoms with van der Waals surface area (Å²) in [4.78, 5) is 4.48. The Bertz CT molecular complexity index is 339. The normalized spacial score (nSPS) is 14.7. The monoisotopic (exact) mass is 236 g/mol.